The summed E-state index contributed by atoms with van der Waals surface area (Å²) in [7, 11) is 1.88. The predicted molar refractivity (Wildman–Crippen MR) is 69.9 cm³/mol. The molecule has 2 aromatic rings. The molecule has 2 N–H and O–H groups in total. The SMILES string of the molecule is Cn1cc(-c2nc(N)cc(C3CCCC3)n2)cn1. The summed E-state index contributed by atoms with van der Waals surface area (Å²) < 4.78 is 1.75. The Bertz CT molecular complexity index is 554. The van der Waals surface area contributed by atoms with Crippen LogP contribution < -0.4 is 5.73 Å². The van der Waals surface area contributed by atoms with E-state index in [-0.39, 0.29) is 0 Å². The third kappa shape index (κ3) is 2.08. The van der Waals surface area contributed by atoms with Gasteiger partial charge in [-0.15, -0.1) is 0 Å². The minimum absolute atomic E-state index is 0.547. The number of hydrogen-bond acceptors (Lipinski definition) is 4. The fourth-order valence-corrected chi connectivity index (χ4v) is 2.58. The maximum atomic E-state index is 5.89. The van der Waals surface area contributed by atoms with Crippen molar-refractivity contribution in [2.45, 2.75) is 31.6 Å². The van der Waals surface area contributed by atoms with Crippen LogP contribution in [-0.2, 0) is 7.05 Å². The van der Waals surface area contributed by atoms with Crippen molar-refractivity contribution in [1.29, 1.82) is 0 Å². The number of aromatic nitrogens is 4. The van der Waals surface area contributed by atoms with Crippen molar-refractivity contribution in [3.63, 3.8) is 0 Å². The molecule has 0 aliphatic heterocycles. The van der Waals surface area contributed by atoms with Crippen LogP contribution in [0.5, 0.6) is 0 Å². The minimum Gasteiger partial charge on any atom is -0.384 e. The van der Waals surface area contributed by atoms with Crippen LogP contribution in [-0.4, -0.2) is 19.7 Å². The molecule has 0 radical (unpaired) electrons. The predicted octanol–water partition coefficient (Wildman–Crippen LogP) is 2.12. The topological polar surface area (TPSA) is 69.6 Å². The Kier molecular flexibility index (Phi) is 2.74. The minimum atomic E-state index is 0.547. The van der Waals surface area contributed by atoms with Gasteiger partial charge in [0.1, 0.15) is 5.82 Å². The van der Waals surface area contributed by atoms with Crippen molar-refractivity contribution in [3.8, 4) is 11.4 Å². The number of anilines is 1. The van der Waals surface area contributed by atoms with E-state index in [9.17, 15) is 0 Å². The molecule has 18 heavy (non-hydrogen) atoms. The number of nitrogens with zero attached hydrogens (tertiary/aromatic N) is 4. The van der Waals surface area contributed by atoms with Crippen LogP contribution in [0.4, 0.5) is 5.82 Å². The summed E-state index contributed by atoms with van der Waals surface area (Å²) >= 11 is 0. The van der Waals surface area contributed by atoms with E-state index < -0.39 is 0 Å². The van der Waals surface area contributed by atoms with Gasteiger partial charge in [0.05, 0.1) is 11.8 Å². The molecule has 0 amide bonds. The van der Waals surface area contributed by atoms with Crippen LogP contribution in [0.2, 0.25) is 0 Å². The van der Waals surface area contributed by atoms with Gasteiger partial charge in [-0.05, 0) is 12.8 Å². The molecule has 1 aliphatic rings. The molecule has 2 heterocycles. The molecule has 0 unspecified atom stereocenters. The average molecular weight is 243 g/mol. The number of hydrogen-bond donors (Lipinski definition) is 1. The summed E-state index contributed by atoms with van der Waals surface area (Å²) in [5.74, 6) is 1.78. The van der Waals surface area contributed by atoms with Gasteiger partial charge >= 0.3 is 0 Å². The molecule has 5 nitrogen and oxygen atoms in total. The van der Waals surface area contributed by atoms with Crippen LogP contribution in [0.1, 0.15) is 37.3 Å². The van der Waals surface area contributed by atoms with Gasteiger partial charge < -0.3 is 5.73 Å². The summed E-state index contributed by atoms with van der Waals surface area (Å²) in [6.45, 7) is 0. The molecule has 0 atom stereocenters. The Hall–Kier alpha value is -1.91. The molecule has 2 aromatic heterocycles. The average Bonchev–Trinajstić information content (AvgIpc) is 2.98. The standard InChI is InChI=1S/C13H17N5/c1-18-8-10(7-15-18)13-16-11(6-12(14)17-13)9-4-2-3-5-9/h6-9H,2-5H2,1H3,(H2,14,16,17). The second-order valence-corrected chi connectivity index (χ2v) is 4.93. The number of nitrogens with two attached hydrogens (primary N) is 1. The van der Waals surface area contributed by atoms with E-state index in [4.69, 9.17) is 5.73 Å². The van der Waals surface area contributed by atoms with Gasteiger partial charge in [0.25, 0.3) is 0 Å². The second-order valence-electron chi connectivity index (χ2n) is 4.93. The van der Waals surface area contributed by atoms with Gasteiger partial charge in [-0.25, -0.2) is 9.97 Å². The van der Waals surface area contributed by atoms with Crippen LogP contribution >= 0.6 is 0 Å². The molecule has 0 aromatic carbocycles. The van der Waals surface area contributed by atoms with Crippen LogP contribution in [0, 0.1) is 0 Å². The van der Waals surface area contributed by atoms with Crippen molar-refractivity contribution in [2.75, 3.05) is 5.73 Å². The maximum absolute atomic E-state index is 5.89. The van der Waals surface area contributed by atoms with E-state index in [1.807, 2.05) is 19.3 Å². The van der Waals surface area contributed by atoms with Crippen molar-refractivity contribution < 1.29 is 0 Å². The number of nitrogen functional groups attached to an aromatic ring is 1. The summed E-state index contributed by atoms with van der Waals surface area (Å²) in [6.07, 6.45) is 8.68. The molecule has 94 valence electrons. The monoisotopic (exact) mass is 243 g/mol. The zero-order valence-electron chi connectivity index (χ0n) is 10.5. The third-order valence-corrected chi connectivity index (χ3v) is 3.50. The van der Waals surface area contributed by atoms with Crippen molar-refractivity contribution in [2.24, 2.45) is 7.05 Å². The first kappa shape index (κ1) is 11.2. The first-order chi connectivity index (χ1) is 8.72. The zero-order valence-corrected chi connectivity index (χ0v) is 10.5. The number of aryl methyl sites for hydroxylation is 1. The highest BCUT2D eigenvalue weighted by atomic mass is 15.2. The molecule has 0 spiro atoms. The van der Waals surface area contributed by atoms with Gasteiger partial charge in [0.2, 0.25) is 0 Å². The van der Waals surface area contributed by atoms with Gasteiger partial charge in [-0.1, -0.05) is 12.8 Å². The lowest BCUT2D eigenvalue weighted by atomic mass is 10.0. The Morgan fingerprint density at radius 2 is 2.06 bits per heavy atom. The lowest BCUT2D eigenvalue weighted by Gasteiger charge is -2.10. The van der Waals surface area contributed by atoms with Crippen molar-refractivity contribution in [3.05, 3.63) is 24.2 Å². The highest BCUT2D eigenvalue weighted by Crippen LogP contribution is 2.34. The third-order valence-electron chi connectivity index (χ3n) is 3.50. The summed E-state index contributed by atoms with van der Waals surface area (Å²) in [5, 5.41) is 4.15. The largest absolute Gasteiger partial charge is 0.384 e. The lowest BCUT2D eigenvalue weighted by molar-refractivity contribution is 0.696. The Balaban J connectivity index is 1.99. The van der Waals surface area contributed by atoms with E-state index >= 15 is 0 Å². The highest BCUT2D eigenvalue weighted by Gasteiger charge is 2.20. The Morgan fingerprint density at radius 3 is 2.72 bits per heavy atom. The fraction of sp³-hybridized carbons (Fsp3) is 0.462. The number of rotatable bonds is 2. The van der Waals surface area contributed by atoms with Gasteiger partial charge in [0, 0.05) is 30.9 Å². The molecular formula is C13H17N5. The maximum Gasteiger partial charge on any atom is 0.164 e. The van der Waals surface area contributed by atoms with Crippen molar-refractivity contribution >= 4 is 5.82 Å². The molecule has 1 fully saturated rings. The summed E-state index contributed by atoms with van der Waals surface area (Å²) in [5.41, 5.74) is 7.90. The first-order valence-corrected chi connectivity index (χ1v) is 6.36. The molecular weight excluding hydrogens is 226 g/mol. The molecule has 0 bridgehead atoms. The molecule has 1 saturated carbocycles. The second kappa shape index (κ2) is 4.40. The van der Waals surface area contributed by atoms with Crippen molar-refractivity contribution in [1.82, 2.24) is 19.7 Å². The van der Waals surface area contributed by atoms with E-state index in [0.29, 0.717) is 17.6 Å². The smallest absolute Gasteiger partial charge is 0.164 e. The highest BCUT2D eigenvalue weighted by molar-refractivity contribution is 5.55. The first-order valence-electron chi connectivity index (χ1n) is 6.36. The summed E-state index contributed by atoms with van der Waals surface area (Å²) in [4.78, 5) is 8.96. The van der Waals surface area contributed by atoms with Crippen LogP contribution in [0.25, 0.3) is 11.4 Å². The molecule has 3 rings (SSSR count). The Labute approximate surface area is 106 Å². The van der Waals surface area contributed by atoms with Gasteiger partial charge in [-0.3, -0.25) is 4.68 Å². The quantitative estimate of drug-likeness (QED) is 0.877. The van der Waals surface area contributed by atoms with Gasteiger partial charge in [0.15, 0.2) is 5.82 Å². The molecule has 0 saturated heterocycles. The normalized spacial score (nSPS) is 16.3. The lowest BCUT2D eigenvalue weighted by Crippen LogP contribution is -2.03. The fourth-order valence-electron chi connectivity index (χ4n) is 2.58. The molecule has 1 aliphatic carbocycles. The molecule has 5 heteroatoms. The van der Waals surface area contributed by atoms with E-state index in [1.165, 1.54) is 25.7 Å². The summed E-state index contributed by atoms with van der Waals surface area (Å²) in [6, 6.07) is 1.91. The van der Waals surface area contributed by atoms with Gasteiger partial charge in [-0.2, -0.15) is 5.10 Å². The van der Waals surface area contributed by atoms with Crippen LogP contribution in [0.3, 0.4) is 0 Å². The van der Waals surface area contributed by atoms with Crippen LogP contribution in [0.15, 0.2) is 18.5 Å². The van der Waals surface area contributed by atoms with E-state index in [2.05, 4.69) is 15.1 Å². The zero-order chi connectivity index (χ0) is 12.5. The van der Waals surface area contributed by atoms with E-state index in [1.54, 1.807) is 10.9 Å². The van der Waals surface area contributed by atoms with E-state index in [0.717, 1.165) is 11.3 Å². The Morgan fingerprint density at radius 1 is 1.28 bits per heavy atom.